The van der Waals surface area contributed by atoms with Gasteiger partial charge in [-0.2, -0.15) is 0 Å². The van der Waals surface area contributed by atoms with Gasteiger partial charge in [0.2, 0.25) is 0 Å². The predicted molar refractivity (Wildman–Crippen MR) is 154 cm³/mol. The topological polar surface area (TPSA) is 66.8 Å². The number of rotatable bonds is 6. The lowest BCUT2D eigenvalue weighted by atomic mass is 9.41. The number of aliphatic hydroxyl groups is 2. The second-order valence-corrected chi connectivity index (χ2v) is 15.1. The Labute approximate surface area is 236 Å². The Morgan fingerprint density at radius 1 is 0.974 bits per heavy atom. The summed E-state index contributed by atoms with van der Waals surface area (Å²) < 4.78 is 4.86. The van der Waals surface area contributed by atoms with Gasteiger partial charge in [0.05, 0.1) is 24.9 Å². The van der Waals surface area contributed by atoms with Gasteiger partial charge in [0.15, 0.2) is 0 Å². The van der Waals surface area contributed by atoms with Crippen LogP contribution in [0.4, 0.5) is 0 Å². The maximum atomic E-state index is 12.0. The standard InChI is InChI=1S/C35H52O4/c1-6-25-30-19-24(36)13-15-35(30,4)29-14-16-34(3)27(11-12-28(34)31(29)32(25)37)20(2)17-23-18-26(23)21-7-9-22(10-8-21)33(38)39-5/h7-10,20,23-32,36-37H,6,11-19H2,1-5H3/t20-,23?,24-,25-,26?,27-,28?,29?,30?,31?,32-,34?,35?/m1/s1. The van der Waals surface area contributed by atoms with Gasteiger partial charge in [-0.05, 0) is 140 Å². The molecule has 1 aromatic rings. The smallest absolute Gasteiger partial charge is 0.337 e. The third kappa shape index (κ3) is 4.42. The molecule has 2 N–H and O–H groups in total. The summed E-state index contributed by atoms with van der Waals surface area (Å²) >= 11 is 0. The highest BCUT2D eigenvalue weighted by atomic mass is 16.5. The van der Waals surface area contributed by atoms with Crippen molar-refractivity contribution >= 4 is 5.97 Å². The van der Waals surface area contributed by atoms with Gasteiger partial charge >= 0.3 is 5.97 Å². The van der Waals surface area contributed by atoms with Gasteiger partial charge in [0.25, 0.3) is 0 Å². The number of hydrogen-bond acceptors (Lipinski definition) is 4. The van der Waals surface area contributed by atoms with Crippen molar-refractivity contribution in [2.45, 2.75) is 110 Å². The van der Waals surface area contributed by atoms with Crippen LogP contribution >= 0.6 is 0 Å². The second kappa shape index (κ2) is 10.2. The molecule has 0 radical (unpaired) electrons. The Bertz CT molecular complexity index is 1050. The molecule has 4 nitrogen and oxygen atoms in total. The maximum Gasteiger partial charge on any atom is 0.337 e. The third-order valence-corrected chi connectivity index (χ3v) is 13.5. The Balaban J connectivity index is 1.15. The zero-order valence-electron chi connectivity index (χ0n) is 24.9. The van der Waals surface area contributed by atoms with Crippen molar-refractivity contribution in [1.82, 2.24) is 0 Å². The van der Waals surface area contributed by atoms with Crippen LogP contribution in [0.1, 0.15) is 114 Å². The van der Waals surface area contributed by atoms with Crippen LogP contribution in [0.15, 0.2) is 24.3 Å². The van der Waals surface area contributed by atoms with E-state index in [1.165, 1.54) is 51.2 Å². The van der Waals surface area contributed by atoms with E-state index in [-0.39, 0.29) is 23.6 Å². The van der Waals surface area contributed by atoms with E-state index in [0.717, 1.165) is 37.5 Å². The molecule has 5 fully saturated rings. The zero-order chi connectivity index (χ0) is 27.7. The molecule has 1 aromatic carbocycles. The molecule has 0 saturated heterocycles. The van der Waals surface area contributed by atoms with Gasteiger partial charge in [-0.3, -0.25) is 0 Å². The number of aliphatic hydroxyl groups excluding tert-OH is 2. The van der Waals surface area contributed by atoms with Crippen LogP contribution in [-0.4, -0.2) is 35.5 Å². The first-order valence-corrected chi connectivity index (χ1v) is 16.2. The number of esters is 1. The highest BCUT2D eigenvalue weighted by Gasteiger charge is 2.65. The minimum absolute atomic E-state index is 0.177. The van der Waals surface area contributed by atoms with Gasteiger partial charge in [-0.25, -0.2) is 4.79 Å². The summed E-state index contributed by atoms with van der Waals surface area (Å²) in [5, 5.41) is 22.5. The molecule has 39 heavy (non-hydrogen) atoms. The van der Waals surface area contributed by atoms with E-state index < -0.39 is 0 Å². The number of methoxy groups -OCH3 is 1. The normalized spacial score (nSPS) is 47.5. The molecule has 8 unspecified atom stereocenters. The molecule has 13 atom stereocenters. The van der Waals surface area contributed by atoms with Crippen molar-refractivity contribution < 1.29 is 19.7 Å². The van der Waals surface area contributed by atoms with E-state index in [1.54, 1.807) is 0 Å². The van der Waals surface area contributed by atoms with Gasteiger partial charge < -0.3 is 14.9 Å². The minimum atomic E-state index is -0.264. The highest BCUT2D eigenvalue weighted by molar-refractivity contribution is 5.89. The highest BCUT2D eigenvalue weighted by Crippen LogP contribution is 2.70. The van der Waals surface area contributed by atoms with Crippen molar-refractivity contribution in [3.63, 3.8) is 0 Å². The number of fused-ring (bicyclic) bond motifs is 5. The summed E-state index contributed by atoms with van der Waals surface area (Å²) in [7, 11) is 1.43. The average Bonchev–Trinajstić information content (AvgIpc) is 3.60. The lowest BCUT2D eigenvalue weighted by molar-refractivity contribution is -0.203. The Morgan fingerprint density at radius 2 is 1.67 bits per heavy atom. The van der Waals surface area contributed by atoms with Crippen LogP contribution < -0.4 is 0 Å². The maximum absolute atomic E-state index is 12.0. The van der Waals surface area contributed by atoms with Crippen LogP contribution in [0.2, 0.25) is 0 Å². The van der Waals surface area contributed by atoms with Crippen molar-refractivity contribution in [3.8, 4) is 0 Å². The lowest BCUT2D eigenvalue weighted by Crippen LogP contribution is -2.62. The van der Waals surface area contributed by atoms with Crippen LogP contribution in [0.3, 0.4) is 0 Å². The fourth-order valence-electron chi connectivity index (χ4n) is 11.5. The van der Waals surface area contributed by atoms with E-state index in [1.807, 2.05) is 12.1 Å². The van der Waals surface area contributed by atoms with E-state index in [0.29, 0.717) is 52.4 Å². The molecule has 6 rings (SSSR count). The number of carbonyl (C=O) groups is 1. The summed E-state index contributed by atoms with van der Waals surface area (Å²) in [4.78, 5) is 11.8. The van der Waals surface area contributed by atoms with Gasteiger partial charge in [0, 0.05) is 0 Å². The summed E-state index contributed by atoms with van der Waals surface area (Å²) in [5.41, 5.74) is 2.61. The number of hydrogen-bond donors (Lipinski definition) is 2. The average molecular weight is 537 g/mol. The number of benzene rings is 1. The summed E-state index contributed by atoms with van der Waals surface area (Å²) in [6.45, 7) is 9.93. The largest absolute Gasteiger partial charge is 0.465 e. The van der Waals surface area contributed by atoms with E-state index in [2.05, 4.69) is 39.8 Å². The van der Waals surface area contributed by atoms with Crippen molar-refractivity contribution in [1.29, 1.82) is 0 Å². The number of carbonyl (C=O) groups excluding carboxylic acids is 1. The molecular weight excluding hydrogens is 484 g/mol. The quantitative estimate of drug-likeness (QED) is 0.376. The van der Waals surface area contributed by atoms with Gasteiger partial charge in [-0.15, -0.1) is 0 Å². The van der Waals surface area contributed by atoms with Crippen LogP contribution in [0.5, 0.6) is 0 Å². The first-order valence-electron chi connectivity index (χ1n) is 16.2. The molecule has 5 saturated carbocycles. The summed E-state index contributed by atoms with van der Waals surface area (Å²) in [6, 6.07) is 8.08. The van der Waals surface area contributed by atoms with E-state index in [4.69, 9.17) is 4.74 Å². The molecule has 0 bridgehead atoms. The summed E-state index contributed by atoms with van der Waals surface area (Å²) in [6.07, 6.45) is 11.4. The van der Waals surface area contributed by atoms with Gasteiger partial charge in [-0.1, -0.05) is 46.2 Å². The predicted octanol–water partition coefficient (Wildman–Crippen LogP) is 7.23. The first-order chi connectivity index (χ1) is 18.6. The van der Waals surface area contributed by atoms with Crippen molar-refractivity contribution in [2.75, 3.05) is 7.11 Å². The third-order valence-electron chi connectivity index (χ3n) is 13.5. The molecule has 0 heterocycles. The summed E-state index contributed by atoms with van der Waals surface area (Å²) in [5.74, 6) is 5.06. The molecular formula is C35H52O4. The lowest BCUT2D eigenvalue weighted by Gasteiger charge is -2.64. The second-order valence-electron chi connectivity index (χ2n) is 15.1. The van der Waals surface area contributed by atoms with Gasteiger partial charge in [0.1, 0.15) is 0 Å². The minimum Gasteiger partial charge on any atom is -0.465 e. The van der Waals surface area contributed by atoms with E-state index >= 15 is 0 Å². The van der Waals surface area contributed by atoms with Crippen molar-refractivity contribution in [3.05, 3.63) is 35.4 Å². The first kappa shape index (κ1) is 27.8. The molecule has 0 spiro atoms. The zero-order valence-corrected chi connectivity index (χ0v) is 24.9. The molecule has 0 aliphatic heterocycles. The Morgan fingerprint density at radius 3 is 2.36 bits per heavy atom. The van der Waals surface area contributed by atoms with Crippen LogP contribution in [0.25, 0.3) is 0 Å². The monoisotopic (exact) mass is 536 g/mol. The molecule has 216 valence electrons. The Hall–Kier alpha value is -1.39. The molecule has 4 heteroatoms. The fourth-order valence-corrected chi connectivity index (χ4v) is 11.5. The van der Waals surface area contributed by atoms with Crippen molar-refractivity contribution in [2.24, 2.45) is 58.2 Å². The van der Waals surface area contributed by atoms with E-state index in [9.17, 15) is 15.0 Å². The Kier molecular flexibility index (Phi) is 7.23. The SMILES string of the molecule is CC[C@@H]1C2C[C@H](O)CCC2(C)C2CCC3(C)C(CC[C@@H]3[C@H](C)CC3CC3c3ccc(C(=O)OC)cc3)C2[C@@H]1O. The molecule has 0 amide bonds. The number of ether oxygens (including phenoxy) is 1. The molecule has 0 aromatic heterocycles. The van der Waals surface area contributed by atoms with Crippen LogP contribution in [-0.2, 0) is 4.74 Å². The fraction of sp³-hybridized carbons (Fsp3) is 0.800. The molecule has 5 aliphatic rings. The molecule has 5 aliphatic carbocycles. The van der Waals surface area contributed by atoms with Crippen LogP contribution in [0, 0.1) is 58.2 Å².